The zero-order valence-electron chi connectivity index (χ0n) is 27.6. The number of cyclic esters (lactones) is 4. The Morgan fingerprint density at radius 1 is 0.851 bits per heavy atom. The molecule has 1 heterocycles. The summed E-state index contributed by atoms with van der Waals surface area (Å²) in [6.45, 7) is 10.4. The van der Waals surface area contributed by atoms with Crippen molar-refractivity contribution in [2.75, 3.05) is 0 Å². The van der Waals surface area contributed by atoms with E-state index in [2.05, 4.69) is 5.32 Å². The van der Waals surface area contributed by atoms with Gasteiger partial charge in [-0.1, -0.05) is 64.1 Å². The third-order valence-electron chi connectivity index (χ3n) is 8.05. The van der Waals surface area contributed by atoms with E-state index in [1.54, 1.807) is 58.0 Å². The van der Waals surface area contributed by atoms with E-state index >= 15 is 0 Å². The van der Waals surface area contributed by atoms with E-state index in [9.17, 15) is 33.2 Å². The summed E-state index contributed by atoms with van der Waals surface area (Å²) < 4.78 is 36.3. The van der Waals surface area contributed by atoms with Gasteiger partial charge < -0.3 is 24.3 Å². The summed E-state index contributed by atoms with van der Waals surface area (Å²) in [6, 6.07) is 11.6. The molecule has 0 aliphatic carbocycles. The molecule has 47 heavy (non-hydrogen) atoms. The molecule has 0 saturated carbocycles. The molecule has 11 nitrogen and oxygen atoms in total. The fourth-order valence-electron chi connectivity index (χ4n) is 4.79. The highest BCUT2D eigenvalue weighted by Gasteiger charge is 2.47. The molecular weight excluding hydrogens is 613 g/mol. The highest BCUT2D eigenvalue weighted by molar-refractivity contribution is 6.06. The summed E-state index contributed by atoms with van der Waals surface area (Å²) in [4.78, 5) is 81.4. The molecular formula is C35H42FNO10. The predicted molar refractivity (Wildman–Crippen MR) is 166 cm³/mol. The van der Waals surface area contributed by atoms with Gasteiger partial charge in [-0.3, -0.25) is 14.4 Å². The summed E-state index contributed by atoms with van der Waals surface area (Å²) in [7, 11) is 0. The second kappa shape index (κ2) is 15.8. The standard InChI is InChI=1S/C35H42FNO10/c1-8-20(4)28-33(42)44-21(5)26(37-30(39)23-15-12-16-24(36)18-23)31(40)46-27(19(2)3)32(41)45-25(17-22-13-10-9-11-14-22)29(38)35(6,7)34(43)47-28/h9-16,18-21,25-28H,8,17H2,1-7H3,(H,37,39)/t20-,21+,25+,26-,27-,28-/m0/s1. The van der Waals surface area contributed by atoms with Crippen LogP contribution >= 0.6 is 0 Å². The van der Waals surface area contributed by atoms with Crippen LogP contribution in [0.3, 0.4) is 0 Å². The van der Waals surface area contributed by atoms with Gasteiger partial charge in [-0.15, -0.1) is 0 Å². The molecule has 0 aromatic heterocycles. The Kier molecular flexibility index (Phi) is 12.4. The second-order valence-corrected chi connectivity index (χ2v) is 12.5. The number of benzene rings is 2. The van der Waals surface area contributed by atoms with Crippen molar-refractivity contribution in [1.29, 1.82) is 0 Å². The number of carbonyl (C=O) groups is 6. The quantitative estimate of drug-likeness (QED) is 0.262. The van der Waals surface area contributed by atoms with Gasteiger partial charge >= 0.3 is 23.9 Å². The van der Waals surface area contributed by atoms with E-state index in [4.69, 9.17) is 18.9 Å². The molecule has 1 aliphatic heterocycles. The van der Waals surface area contributed by atoms with Gasteiger partial charge in [-0.05, 0) is 51.0 Å². The lowest BCUT2D eigenvalue weighted by atomic mass is 9.83. The molecule has 0 radical (unpaired) electrons. The lowest BCUT2D eigenvalue weighted by Gasteiger charge is -2.30. The van der Waals surface area contributed by atoms with E-state index in [0.717, 1.165) is 12.1 Å². The van der Waals surface area contributed by atoms with Crippen molar-refractivity contribution in [2.24, 2.45) is 17.3 Å². The van der Waals surface area contributed by atoms with Gasteiger partial charge in [0.1, 0.15) is 17.3 Å². The molecule has 254 valence electrons. The van der Waals surface area contributed by atoms with Crippen LogP contribution in [0, 0.1) is 23.1 Å². The van der Waals surface area contributed by atoms with Crippen molar-refractivity contribution < 1.29 is 52.1 Å². The number of esters is 4. The number of hydrogen-bond acceptors (Lipinski definition) is 10. The van der Waals surface area contributed by atoms with Crippen LogP contribution in [-0.2, 0) is 49.3 Å². The molecule has 12 heteroatoms. The monoisotopic (exact) mass is 655 g/mol. The minimum atomic E-state index is -1.89. The Morgan fingerprint density at radius 2 is 1.49 bits per heavy atom. The number of ether oxygens (including phenoxy) is 4. The van der Waals surface area contributed by atoms with Crippen molar-refractivity contribution in [1.82, 2.24) is 5.32 Å². The minimum absolute atomic E-state index is 0.110. The predicted octanol–water partition coefficient (Wildman–Crippen LogP) is 4.14. The van der Waals surface area contributed by atoms with Gasteiger partial charge in [0.25, 0.3) is 5.91 Å². The van der Waals surface area contributed by atoms with Gasteiger partial charge in [0.15, 0.2) is 17.9 Å². The highest BCUT2D eigenvalue weighted by Crippen LogP contribution is 2.28. The van der Waals surface area contributed by atoms with Crippen LogP contribution in [0.1, 0.15) is 70.8 Å². The fraction of sp³-hybridized carbons (Fsp3) is 0.486. The summed E-state index contributed by atoms with van der Waals surface area (Å²) in [6.07, 6.45) is -5.75. The zero-order valence-corrected chi connectivity index (χ0v) is 27.6. The molecule has 1 aliphatic rings. The lowest BCUT2D eigenvalue weighted by Crippen LogP contribution is -2.52. The first-order valence-electron chi connectivity index (χ1n) is 15.5. The zero-order chi connectivity index (χ0) is 35.1. The van der Waals surface area contributed by atoms with Crippen molar-refractivity contribution in [2.45, 2.75) is 91.8 Å². The number of hydrogen-bond donors (Lipinski definition) is 1. The molecule has 0 spiro atoms. The topological polar surface area (TPSA) is 151 Å². The van der Waals surface area contributed by atoms with Crippen LogP contribution in [-0.4, -0.2) is 66.0 Å². The van der Waals surface area contributed by atoms with Crippen molar-refractivity contribution >= 4 is 35.6 Å². The van der Waals surface area contributed by atoms with E-state index < -0.39 is 89.1 Å². The molecule has 0 bridgehead atoms. The summed E-state index contributed by atoms with van der Waals surface area (Å²) in [5.74, 6) is -7.98. The molecule has 1 saturated heterocycles. The van der Waals surface area contributed by atoms with Gasteiger partial charge in [0, 0.05) is 23.8 Å². The van der Waals surface area contributed by atoms with E-state index in [1.165, 1.54) is 32.9 Å². The number of Topliss-reactive ketones (excluding diaryl/α,β-unsaturated/α-hetero) is 1. The summed E-state index contributed by atoms with van der Waals surface area (Å²) in [5, 5.41) is 2.41. The maximum atomic E-state index is 13.9. The lowest BCUT2D eigenvalue weighted by molar-refractivity contribution is -0.183. The average Bonchev–Trinajstić information content (AvgIpc) is 3.03. The highest BCUT2D eigenvalue weighted by atomic mass is 19.1. The molecule has 2 aromatic rings. The Bertz CT molecular complexity index is 1470. The molecule has 0 unspecified atom stereocenters. The summed E-state index contributed by atoms with van der Waals surface area (Å²) in [5.41, 5.74) is -1.40. The van der Waals surface area contributed by atoms with E-state index in [1.807, 2.05) is 0 Å². The molecule has 1 fully saturated rings. The molecule has 1 amide bonds. The normalized spacial score (nSPS) is 25.0. The Hall–Kier alpha value is -4.61. The van der Waals surface area contributed by atoms with Crippen LogP contribution in [0.25, 0.3) is 0 Å². The third-order valence-corrected chi connectivity index (χ3v) is 8.05. The number of ketones is 1. The van der Waals surface area contributed by atoms with Crippen LogP contribution in [0.2, 0.25) is 0 Å². The van der Waals surface area contributed by atoms with Crippen molar-refractivity contribution in [3.05, 3.63) is 71.5 Å². The SMILES string of the molecule is CC[C@H](C)[C@@H]1OC(=O)C(C)(C)C(=O)[C@@H](Cc2ccccc2)OC(=O)[C@H](C(C)C)OC(=O)[C@@H](NC(=O)c2cccc(F)c2)[C@@H](C)OC1=O. The molecule has 1 N–H and O–H groups in total. The second-order valence-electron chi connectivity index (χ2n) is 12.5. The smallest absolute Gasteiger partial charge is 0.348 e. The van der Waals surface area contributed by atoms with Crippen molar-refractivity contribution in [3.63, 3.8) is 0 Å². The van der Waals surface area contributed by atoms with Gasteiger partial charge in [0.2, 0.25) is 12.2 Å². The van der Waals surface area contributed by atoms with Gasteiger partial charge in [-0.25, -0.2) is 18.8 Å². The minimum Gasteiger partial charge on any atom is -0.457 e. The number of halogens is 1. The first kappa shape index (κ1) is 36.9. The van der Waals surface area contributed by atoms with E-state index in [0.29, 0.717) is 12.0 Å². The molecule has 3 rings (SSSR count). The van der Waals surface area contributed by atoms with Crippen molar-refractivity contribution in [3.8, 4) is 0 Å². The van der Waals surface area contributed by atoms with Crippen LogP contribution in [0.4, 0.5) is 4.39 Å². The number of amides is 1. The van der Waals surface area contributed by atoms with E-state index in [-0.39, 0.29) is 12.0 Å². The van der Waals surface area contributed by atoms with Gasteiger partial charge in [-0.2, -0.15) is 0 Å². The van der Waals surface area contributed by atoms with Crippen LogP contribution < -0.4 is 5.32 Å². The molecule has 6 atom stereocenters. The third kappa shape index (κ3) is 9.24. The van der Waals surface area contributed by atoms with Crippen LogP contribution in [0.5, 0.6) is 0 Å². The average molecular weight is 656 g/mol. The first-order valence-corrected chi connectivity index (χ1v) is 15.5. The summed E-state index contributed by atoms with van der Waals surface area (Å²) >= 11 is 0. The number of rotatable bonds is 7. The number of carbonyl (C=O) groups excluding carboxylic acids is 6. The fourth-order valence-corrected chi connectivity index (χ4v) is 4.79. The van der Waals surface area contributed by atoms with Crippen LogP contribution in [0.15, 0.2) is 54.6 Å². The Balaban J connectivity index is 2.11. The largest absolute Gasteiger partial charge is 0.457 e. The first-order chi connectivity index (χ1) is 22.1. The maximum Gasteiger partial charge on any atom is 0.348 e. The number of nitrogens with one attached hydrogen (secondary N) is 1. The Labute approximate surface area is 273 Å². The maximum absolute atomic E-state index is 13.9. The van der Waals surface area contributed by atoms with Gasteiger partial charge in [0.05, 0.1) is 0 Å². The molecule has 2 aromatic carbocycles. The Morgan fingerprint density at radius 3 is 2.09 bits per heavy atom.